The number of carbonyl (C=O) groups is 1. The van der Waals surface area contributed by atoms with Crippen molar-refractivity contribution >= 4 is 23.4 Å². The lowest BCUT2D eigenvalue weighted by atomic mass is 10.2. The summed E-state index contributed by atoms with van der Waals surface area (Å²) in [7, 11) is 0. The molecule has 0 saturated carbocycles. The molecule has 2 N–H and O–H groups in total. The second-order valence-electron chi connectivity index (χ2n) is 2.21. The molecule has 0 fully saturated rings. The van der Waals surface area contributed by atoms with Crippen LogP contribution in [0.5, 0.6) is 0 Å². The number of anilines is 1. The van der Waals surface area contributed by atoms with Gasteiger partial charge in [-0.15, -0.1) is 0 Å². The van der Waals surface area contributed by atoms with Crippen molar-refractivity contribution in [1.82, 2.24) is 9.97 Å². The van der Waals surface area contributed by atoms with Gasteiger partial charge < -0.3 is 5.73 Å². The number of ketones is 1. The Bertz CT molecular complexity index is 314. The number of Topliss-reactive ketones (excluding diaryl/α,β-unsaturated/α-hetero) is 1. The van der Waals surface area contributed by atoms with Crippen LogP contribution in [-0.2, 0) is 0 Å². The molecule has 64 valence electrons. The van der Waals surface area contributed by atoms with Gasteiger partial charge in [0.2, 0.25) is 0 Å². The van der Waals surface area contributed by atoms with Gasteiger partial charge in [-0.3, -0.25) is 4.79 Å². The fraction of sp³-hybridized carbons (Fsp3) is 0.286. The first-order chi connectivity index (χ1) is 5.65. The maximum Gasteiger partial charge on any atom is 0.189 e. The van der Waals surface area contributed by atoms with Crippen LogP contribution in [0, 0.1) is 0 Å². The van der Waals surface area contributed by atoms with Crippen molar-refractivity contribution in [2.24, 2.45) is 0 Å². The molecule has 0 aliphatic rings. The van der Waals surface area contributed by atoms with Gasteiger partial charge in [0.15, 0.2) is 10.9 Å². The summed E-state index contributed by atoms with van der Waals surface area (Å²) in [5.74, 6) is 0.141. The number of nitrogen functional groups attached to an aromatic ring is 1. The van der Waals surface area contributed by atoms with Gasteiger partial charge in [-0.2, -0.15) is 0 Å². The molecule has 0 saturated heterocycles. The van der Waals surface area contributed by atoms with Crippen molar-refractivity contribution in [1.29, 1.82) is 0 Å². The van der Waals surface area contributed by atoms with E-state index in [1.807, 2.05) is 6.26 Å². The van der Waals surface area contributed by atoms with E-state index in [0.29, 0.717) is 10.7 Å². The fourth-order valence-electron chi connectivity index (χ4n) is 0.748. The van der Waals surface area contributed by atoms with Crippen molar-refractivity contribution < 1.29 is 4.79 Å². The normalized spacial score (nSPS) is 9.83. The molecule has 0 aromatic carbocycles. The number of nitrogens with zero attached hydrogens (tertiary/aromatic N) is 2. The fourth-order valence-corrected chi connectivity index (χ4v) is 1.10. The smallest absolute Gasteiger partial charge is 0.189 e. The highest BCUT2D eigenvalue weighted by Gasteiger charge is 2.06. The average molecular weight is 183 g/mol. The third kappa shape index (κ3) is 1.73. The van der Waals surface area contributed by atoms with Gasteiger partial charge in [0, 0.05) is 6.20 Å². The number of nitrogens with two attached hydrogens (primary N) is 1. The van der Waals surface area contributed by atoms with E-state index in [1.165, 1.54) is 24.9 Å². The summed E-state index contributed by atoms with van der Waals surface area (Å²) < 4.78 is 0. The van der Waals surface area contributed by atoms with Gasteiger partial charge >= 0.3 is 0 Å². The quantitative estimate of drug-likeness (QED) is 0.420. The molecule has 12 heavy (non-hydrogen) atoms. The maximum absolute atomic E-state index is 10.9. The molecule has 1 aromatic rings. The minimum absolute atomic E-state index is 0.111. The van der Waals surface area contributed by atoms with E-state index >= 15 is 0 Å². The Balaban J connectivity index is 3.12. The molecule has 0 aliphatic heterocycles. The lowest BCUT2D eigenvalue weighted by Crippen LogP contribution is -2.04. The number of thioether (sulfide) groups is 1. The summed E-state index contributed by atoms with van der Waals surface area (Å²) in [6.07, 6.45) is 3.30. The molecular weight excluding hydrogens is 174 g/mol. The minimum Gasteiger partial charge on any atom is -0.383 e. The zero-order chi connectivity index (χ0) is 9.14. The van der Waals surface area contributed by atoms with Crippen LogP contribution in [0.25, 0.3) is 0 Å². The number of rotatable bonds is 2. The van der Waals surface area contributed by atoms with Crippen molar-refractivity contribution in [3.63, 3.8) is 0 Å². The van der Waals surface area contributed by atoms with Crippen LogP contribution < -0.4 is 5.73 Å². The van der Waals surface area contributed by atoms with Crippen LogP contribution in [0.2, 0.25) is 0 Å². The van der Waals surface area contributed by atoms with E-state index in [4.69, 9.17) is 5.73 Å². The SMILES string of the molecule is CSc1ncc(C(C)=O)c(N)n1. The van der Waals surface area contributed by atoms with E-state index in [0.717, 1.165) is 0 Å². The van der Waals surface area contributed by atoms with Crippen molar-refractivity contribution in [2.45, 2.75) is 12.1 Å². The molecule has 0 unspecified atom stereocenters. The monoisotopic (exact) mass is 183 g/mol. The molecule has 4 nitrogen and oxygen atoms in total. The first-order valence-corrected chi connectivity index (χ1v) is 4.55. The molecule has 1 heterocycles. The summed E-state index contributed by atoms with van der Waals surface area (Å²) in [6, 6.07) is 0. The summed E-state index contributed by atoms with van der Waals surface area (Å²) in [5, 5.41) is 0.581. The lowest BCUT2D eigenvalue weighted by Gasteiger charge is -2.00. The zero-order valence-corrected chi connectivity index (χ0v) is 7.68. The van der Waals surface area contributed by atoms with Crippen molar-refractivity contribution in [2.75, 3.05) is 12.0 Å². The van der Waals surface area contributed by atoms with Crippen LogP contribution in [0.15, 0.2) is 11.4 Å². The molecule has 0 aliphatic carbocycles. The number of hydrogen-bond donors (Lipinski definition) is 1. The molecule has 0 atom stereocenters. The predicted octanol–water partition coefficient (Wildman–Crippen LogP) is 0.983. The minimum atomic E-state index is -0.111. The molecule has 0 radical (unpaired) electrons. The van der Waals surface area contributed by atoms with E-state index < -0.39 is 0 Å². The van der Waals surface area contributed by atoms with E-state index in [9.17, 15) is 4.79 Å². The second kappa shape index (κ2) is 3.53. The molecule has 0 amide bonds. The Labute approximate surface area is 74.6 Å². The molecule has 5 heteroatoms. The van der Waals surface area contributed by atoms with Crippen molar-refractivity contribution in [3.05, 3.63) is 11.8 Å². The van der Waals surface area contributed by atoms with Crippen LogP contribution in [0.4, 0.5) is 5.82 Å². The topological polar surface area (TPSA) is 68.9 Å². The summed E-state index contributed by atoms with van der Waals surface area (Å²) in [5.41, 5.74) is 5.89. The maximum atomic E-state index is 10.9. The first-order valence-electron chi connectivity index (χ1n) is 3.32. The lowest BCUT2D eigenvalue weighted by molar-refractivity contribution is 0.101. The number of carbonyl (C=O) groups excluding carboxylic acids is 1. The molecular formula is C7H9N3OS. The van der Waals surface area contributed by atoms with E-state index in [1.54, 1.807) is 0 Å². The van der Waals surface area contributed by atoms with E-state index in [2.05, 4.69) is 9.97 Å². The molecule has 0 spiro atoms. The van der Waals surface area contributed by atoms with Crippen molar-refractivity contribution in [3.8, 4) is 0 Å². The summed E-state index contributed by atoms with van der Waals surface area (Å²) >= 11 is 1.39. The van der Waals surface area contributed by atoms with E-state index in [-0.39, 0.29) is 11.6 Å². The first kappa shape index (κ1) is 8.99. The highest BCUT2D eigenvalue weighted by atomic mass is 32.2. The Kier molecular flexibility index (Phi) is 2.65. The number of aromatic nitrogens is 2. The summed E-state index contributed by atoms with van der Waals surface area (Å²) in [4.78, 5) is 18.8. The van der Waals surface area contributed by atoms with Crippen LogP contribution in [0.3, 0.4) is 0 Å². The number of hydrogen-bond acceptors (Lipinski definition) is 5. The van der Waals surface area contributed by atoms with Gasteiger partial charge in [0.1, 0.15) is 5.82 Å². The largest absolute Gasteiger partial charge is 0.383 e. The highest BCUT2D eigenvalue weighted by Crippen LogP contribution is 2.13. The summed E-state index contributed by atoms with van der Waals surface area (Å²) in [6.45, 7) is 1.44. The Morgan fingerprint density at radius 1 is 1.67 bits per heavy atom. The zero-order valence-electron chi connectivity index (χ0n) is 6.87. The van der Waals surface area contributed by atoms with Gasteiger partial charge in [-0.1, -0.05) is 11.8 Å². The predicted molar refractivity (Wildman–Crippen MR) is 48.2 cm³/mol. The third-order valence-corrected chi connectivity index (χ3v) is 1.92. The Morgan fingerprint density at radius 2 is 2.33 bits per heavy atom. The second-order valence-corrected chi connectivity index (χ2v) is 2.99. The molecule has 0 bridgehead atoms. The Hall–Kier alpha value is -1.10. The van der Waals surface area contributed by atoms with Crippen LogP contribution in [-0.4, -0.2) is 22.0 Å². The van der Waals surface area contributed by atoms with Gasteiger partial charge in [-0.25, -0.2) is 9.97 Å². The molecule has 1 aromatic heterocycles. The van der Waals surface area contributed by atoms with Gasteiger partial charge in [-0.05, 0) is 13.2 Å². The van der Waals surface area contributed by atoms with Crippen LogP contribution in [0.1, 0.15) is 17.3 Å². The molecule has 1 rings (SSSR count). The van der Waals surface area contributed by atoms with Crippen LogP contribution >= 0.6 is 11.8 Å². The average Bonchev–Trinajstić information content (AvgIpc) is 2.03. The standard InChI is InChI=1S/C7H9N3OS/c1-4(11)5-3-9-7(12-2)10-6(5)8/h3H,1-2H3,(H2,8,9,10). The van der Waals surface area contributed by atoms with Gasteiger partial charge in [0.25, 0.3) is 0 Å². The van der Waals surface area contributed by atoms with Gasteiger partial charge in [0.05, 0.1) is 5.56 Å². The third-order valence-electron chi connectivity index (χ3n) is 1.36. The highest BCUT2D eigenvalue weighted by molar-refractivity contribution is 7.98. The Morgan fingerprint density at radius 3 is 2.75 bits per heavy atom.